The van der Waals surface area contributed by atoms with Gasteiger partial charge in [0.1, 0.15) is 5.58 Å². The highest BCUT2D eigenvalue weighted by molar-refractivity contribution is 7.89. The Kier molecular flexibility index (Phi) is 9.58. The van der Waals surface area contributed by atoms with E-state index in [2.05, 4.69) is 5.32 Å². The van der Waals surface area contributed by atoms with Gasteiger partial charge in [-0.2, -0.15) is 4.31 Å². The topological polar surface area (TPSA) is 126 Å². The SMILES string of the molecule is CC(=O)Nc1ccc(S(=O)(=O)N(CC(=O)N(Cc2ccccc2)Cc2coc3ccc(C)cc3c2=O)C[C@H]2CCCO2)cc1. The molecule has 2 heterocycles. The molecule has 1 aliphatic rings. The van der Waals surface area contributed by atoms with E-state index < -0.39 is 22.5 Å². The van der Waals surface area contributed by atoms with Crippen molar-refractivity contribution in [2.75, 3.05) is 25.0 Å². The minimum atomic E-state index is -4.14. The number of aryl methyl sites for hydroxylation is 1. The molecule has 230 valence electrons. The number of benzene rings is 3. The number of carbonyl (C=O) groups excluding carboxylic acids is 2. The number of fused-ring (bicyclic) bond motifs is 1. The fourth-order valence-corrected chi connectivity index (χ4v) is 6.63. The average Bonchev–Trinajstić information content (AvgIpc) is 3.52. The Morgan fingerprint density at radius 2 is 1.75 bits per heavy atom. The first-order chi connectivity index (χ1) is 21.1. The van der Waals surface area contributed by atoms with Crippen LogP contribution in [-0.4, -0.2) is 55.2 Å². The van der Waals surface area contributed by atoms with Gasteiger partial charge in [-0.25, -0.2) is 8.42 Å². The summed E-state index contributed by atoms with van der Waals surface area (Å²) in [7, 11) is -4.14. The van der Waals surface area contributed by atoms with Gasteiger partial charge in [0, 0.05) is 32.3 Å². The van der Waals surface area contributed by atoms with Gasteiger partial charge in [-0.3, -0.25) is 14.4 Å². The maximum Gasteiger partial charge on any atom is 0.243 e. The summed E-state index contributed by atoms with van der Waals surface area (Å²) in [6.07, 6.45) is 2.49. The molecule has 5 rings (SSSR count). The van der Waals surface area contributed by atoms with Gasteiger partial charge in [0.25, 0.3) is 0 Å². The number of hydrogen-bond donors (Lipinski definition) is 1. The van der Waals surface area contributed by atoms with Gasteiger partial charge >= 0.3 is 0 Å². The van der Waals surface area contributed by atoms with Crippen molar-refractivity contribution in [1.82, 2.24) is 9.21 Å². The van der Waals surface area contributed by atoms with Crippen molar-refractivity contribution in [3.63, 3.8) is 0 Å². The number of rotatable bonds is 11. The molecule has 0 spiro atoms. The molecular weight excluding hydrogens is 582 g/mol. The molecule has 44 heavy (non-hydrogen) atoms. The van der Waals surface area contributed by atoms with Crippen molar-refractivity contribution in [2.45, 2.75) is 50.8 Å². The van der Waals surface area contributed by atoms with Gasteiger partial charge in [0.05, 0.1) is 41.3 Å². The van der Waals surface area contributed by atoms with Crippen molar-refractivity contribution in [3.05, 3.63) is 106 Å². The second-order valence-corrected chi connectivity index (χ2v) is 12.9. The largest absolute Gasteiger partial charge is 0.464 e. The van der Waals surface area contributed by atoms with E-state index in [-0.39, 0.29) is 47.5 Å². The predicted octanol–water partition coefficient (Wildman–Crippen LogP) is 4.46. The van der Waals surface area contributed by atoms with Crippen LogP contribution in [0.2, 0.25) is 0 Å². The van der Waals surface area contributed by atoms with Crippen LogP contribution in [-0.2, 0) is 37.4 Å². The molecule has 0 bridgehead atoms. The number of nitrogens with one attached hydrogen (secondary N) is 1. The van der Waals surface area contributed by atoms with Gasteiger partial charge in [-0.1, -0.05) is 42.0 Å². The Morgan fingerprint density at radius 1 is 1.00 bits per heavy atom. The fraction of sp³-hybridized carbons (Fsp3) is 0.303. The van der Waals surface area contributed by atoms with E-state index in [1.807, 2.05) is 43.3 Å². The van der Waals surface area contributed by atoms with Gasteiger partial charge in [-0.15, -0.1) is 0 Å². The zero-order chi connectivity index (χ0) is 31.3. The maximum atomic E-state index is 14.0. The summed E-state index contributed by atoms with van der Waals surface area (Å²) in [5.41, 5.74) is 2.67. The van der Waals surface area contributed by atoms with Crippen molar-refractivity contribution < 1.29 is 27.2 Å². The number of nitrogens with zero attached hydrogens (tertiary/aromatic N) is 2. The summed E-state index contributed by atoms with van der Waals surface area (Å²) < 4.78 is 40.4. The number of ether oxygens (including phenoxy) is 1. The van der Waals surface area contributed by atoms with E-state index in [4.69, 9.17) is 9.15 Å². The highest BCUT2D eigenvalue weighted by atomic mass is 32.2. The molecule has 1 saturated heterocycles. The van der Waals surface area contributed by atoms with Crippen molar-refractivity contribution >= 4 is 38.5 Å². The summed E-state index contributed by atoms with van der Waals surface area (Å²) >= 11 is 0. The molecule has 1 aromatic heterocycles. The van der Waals surface area contributed by atoms with Crippen molar-refractivity contribution in [2.24, 2.45) is 0 Å². The lowest BCUT2D eigenvalue weighted by Gasteiger charge is -2.28. The standard InChI is InChI=1S/C33H35N3O7S/c1-23-10-15-31-30(17-23)33(39)26(22-43-31)19-35(18-25-7-4-3-5-8-25)32(38)21-36(20-28-9-6-16-42-28)44(40,41)29-13-11-27(12-14-29)34-24(2)37/h3-5,7-8,10-15,17,22,28H,6,9,16,18-21H2,1-2H3,(H,34,37)/t28-/m1/s1. The van der Waals surface area contributed by atoms with Crippen LogP contribution in [0.4, 0.5) is 5.69 Å². The minimum absolute atomic E-state index is 0.00190. The molecule has 11 heteroatoms. The zero-order valence-corrected chi connectivity index (χ0v) is 25.5. The number of sulfonamides is 1. The molecule has 4 aromatic rings. The number of anilines is 1. The van der Waals surface area contributed by atoms with Crippen LogP contribution in [0, 0.1) is 6.92 Å². The molecule has 3 aromatic carbocycles. The molecule has 10 nitrogen and oxygen atoms in total. The van der Waals surface area contributed by atoms with E-state index >= 15 is 0 Å². The molecule has 1 fully saturated rings. The third-order valence-corrected chi connectivity index (χ3v) is 9.31. The molecular formula is C33H35N3O7S. The normalized spacial score (nSPS) is 15.0. The molecule has 0 aliphatic carbocycles. The third-order valence-electron chi connectivity index (χ3n) is 7.49. The van der Waals surface area contributed by atoms with E-state index in [1.54, 1.807) is 12.1 Å². The minimum Gasteiger partial charge on any atom is -0.464 e. The lowest BCUT2D eigenvalue weighted by Crippen LogP contribution is -2.45. The smallest absolute Gasteiger partial charge is 0.243 e. The van der Waals surface area contributed by atoms with Gasteiger partial charge in [0.15, 0.2) is 5.43 Å². The quantitative estimate of drug-likeness (QED) is 0.263. The third kappa shape index (κ3) is 7.42. The van der Waals surface area contributed by atoms with Crippen LogP contribution in [0.15, 0.2) is 93.2 Å². The first-order valence-corrected chi connectivity index (χ1v) is 15.9. The summed E-state index contributed by atoms with van der Waals surface area (Å²) in [4.78, 5) is 40.3. The highest BCUT2D eigenvalue weighted by Gasteiger charge is 2.32. The zero-order valence-electron chi connectivity index (χ0n) is 24.7. The molecule has 0 saturated carbocycles. The average molecular weight is 618 g/mol. The summed E-state index contributed by atoms with van der Waals surface area (Å²) in [6, 6.07) is 20.4. The van der Waals surface area contributed by atoms with Crippen molar-refractivity contribution in [1.29, 1.82) is 0 Å². The number of hydrogen-bond acceptors (Lipinski definition) is 7. The van der Waals surface area contributed by atoms with Crippen LogP contribution in [0.1, 0.15) is 36.5 Å². The molecule has 2 amide bonds. The second-order valence-electron chi connectivity index (χ2n) is 11.0. The van der Waals surface area contributed by atoms with E-state index in [0.717, 1.165) is 21.9 Å². The van der Waals surface area contributed by atoms with Crippen LogP contribution >= 0.6 is 0 Å². The molecule has 0 unspecified atom stereocenters. The number of carbonyl (C=O) groups is 2. The second kappa shape index (κ2) is 13.5. The van der Waals surface area contributed by atoms with E-state index in [9.17, 15) is 22.8 Å². The summed E-state index contributed by atoms with van der Waals surface area (Å²) in [6.45, 7) is 3.40. The van der Waals surface area contributed by atoms with Crippen LogP contribution in [0.25, 0.3) is 11.0 Å². The van der Waals surface area contributed by atoms with Crippen LogP contribution < -0.4 is 10.7 Å². The Bertz CT molecular complexity index is 1800. The monoisotopic (exact) mass is 617 g/mol. The highest BCUT2D eigenvalue weighted by Crippen LogP contribution is 2.23. The molecule has 1 N–H and O–H groups in total. The Morgan fingerprint density at radius 3 is 2.43 bits per heavy atom. The lowest BCUT2D eigenvalue weighted by molar-refractivity contribution is -0.132. The summed E-state index contributed by atoms with van der Waals surface area (Å²) in [5.74, 6) is -0.755. The van der Waals surface area contributed by atoms with Gasteiger partial charge in [-0.05, 0) is 61.7 Å². The van der Waals surface area contributed by atoms with Crippen molar-refractivity contribution in [3.8, 4) is 0 Å². The lowest BCUT2D eigenvalue weighted by atomic mass is 10.1. The molecule has 1 aliphatic heterocycles. The van der Waals surface area contributed by atoms with E-state index in [0.29, 0.717) is 29.7 Å². The number of amides is 2. The first kappa shape index (κ1) is 31.1. The fourth-order valence-electron chi connectivity index (χ4n) is 5.21. The Balaban J connectivity index is 1.46. The predicted molar refractivity (Wildman–Crippen MR) is 166 cm³/mol. The van der Waals surface area contributed by atoms with Gasteiger partial charge in [0.2, 0.25) is 21.8 Å². The first-order valence-electron chi connectivity index (χ1n) is 14.4. The molecule has 1 atom stereocenters. The summed E-state index contributed by atoms with van der Waals surface area (Å²) in [5, 5.41) is 3.04. The Hall–Kier alpha value is -4.32. The van der Waals surface area contributed by atoms with Gasteiger partial charge < -0.3 is 19.4 Å². The maximum absolute atomic E-state index is 14.0. The van der Waals surface area contributed by atoms with Crippen LogP contribution in [0.5, 0.6) is 0 Å². The van der Waals surface area contributed by atoms with E-state index in [1.165, 1.54) is 42.4 Å². The van der Waals surface area contributed by atoms with Crippen LogP contribution in [0.3, 0.4) is 0 Å². The Labute approximate surface area is 256 Å². The molecule has 0 radical (unpaired) electrons.